The molecule has 0 aromatic carbocycles. The van der Waals surface area contributed by atoms with E-state index in [0.717, 1.165) is 28.7 Å². The van der Waals surface area contributed by atoms with E-state index < -0.39 is 0 Å². The van der Waals surface area contributed by atoms with E-state index in [2.05, 4.69) is 29.1 Å². The fourth-order valence-corrected chi connectivity index (χ4v) is 2.63. The van der Waals surface area contributed by atoms with Crippen LogP contribution in [-0.2, 0) is 9.47 Å². The molecule has 0 radical (unpaired) electrons. The lowest BCUT2D eigenvalue weighted by atomic mass is 10.2. The second kappa shape index (κ2) is 11.5. The quantitative estimate of drug-likeness (QED) is 0.386. The summed E-state index contributed by atoms with van der Waals surface area (Å²) < 4.78 is 10.4. The van der Waals surface area contributed by atoms with Gasteiger partial charge in [0, 0.05) is 23.9 Å². The highest BCUT2D eigenvalue weighted by Gasteiger charge is 2.09. The van der Waals surface area contributed by atoms with Gasteiger partial charge in [-0.1, -0.05) is 12.2 Å². The predicted octanol–water partition coefficient (Wildman–Crippen LogP) is 4.41. The van der Waals surface area contributed by atoms with Gasteiger partial charge in [0.2, 0.25) is 0 Å². The number of aromatic nitrogens is 1. The van der Waals surface area contributed by atoms with Crippen LogP contribution < -0.4 is 5.32 Å². The van der Waals surface area contributed by atoms with Crippen molar-refractivity contribution in [2.24, 2.45) is 4.99 Å². The second-order valence-corrected chi connectivity index (χ2v) is 6.12. The highest BCUT2D eigenvalue weighted by atomic mass is 32.1. The van der Waals surface area contributed by atoms with Crippen LogP contribution in [0.15, 0.2) is 46.7 Å². The number of ether oxygens (including phenoxy) is 2. The standard InChI is InChI=1S/C18H27N3O2S/c1-6-7-9-15(23-5)12-16(19-10-8-11-22-4)17-13-24-18(21-17)20-14(2)3/h6-8,11-14H,9-10H2,1-5H3,(H,20,21)/b7-6-,11-8+,15-12+,19-16?. The Hall–Kier alpha value is -2.08. The molecule has 0 aliphatic heterocycles. The molecule has 6 heteroatoms. The molecular weight excluding hydrogens is 322 g/mol. The average Bonchev–Trinajstić information content (AvgIpc) is 3.01. The Morgan fingerprint density at radius 3 is 2.79 bits per heavy atom. The largest absolute Gasteiger partial charge is 0.505 e. The molecule has 132 valence electrons. The van der Waals surface area contributed by atoms with Gasteiger partial charge in [0.05, 0.1) is 32.7 Å². The molecule has 0 aliphatic carbocycles. The van der Waals surface area contributed by atoms with Crippen LogP contribution in [0.5, 0.6) is 0 Å². The van der Waals surface area contributed by atoms with Gasteiger partial charge in [0.15, 0.2) is 5.13 Å². The summed E-state index contributed by atoms with van der Waals surface area (Å²) in [5, 5.41) is 6.21. The third kappa shape index (κ3) is 7.46. The van der Waals surface area contributed by atoms with Crippen molar-refractivity contribution in [3.63, 3.8) is 0 Å². The van der Waals surface area contributed by atoms with E-state index in [1.165, 1.54) is 0 Å². The van der Waals surface area contributed by atoms with E-state index in [1.54, 1.807) is 31.8 Å². The molecule has 0 aliphatic rings. The summed E-state index contributed by atoms with van der Waals surface area (Å²) in [6, 6.07) is 0.341. The topological polar surface area (TPSA) is 55.7 Å². The van der Waals surface area contributed by atoms with E-state index >= 15 is 0 Å². The normalized spacial score (nSPS) is 13.2. The maximum Gasteiger partial charge on any atom is 0.183 e. The van der Waals surface area contributed by atoms with Crippen molar-refractivity contribution in [2.45, 2.75) is 33.2 Å². The Morgan fingerprint density at radius 1 is 1.38 bits per heavy atom. The maximum atomic E-state index is 5.45. The first kappa shape index (κ1) is 20.0. The Balaban J connectivity index is 3.05. The number of hydrogen-bond donors (Lipinski definition) is 1. The van der Waals surface area contributed by atoms with E-state index in [0.29, 0.717) is 12.6 Å². The van der Waals surface area contributed by atoms with Gasteiger partial charge in [0.1, 0.15) is 11.5 Å². The van der Waals surface area contributed by atoms with Crippen LogP contribution in [0.3, 0.4) is 0 Å². The Labute approximate surface area is 148 Å². The minimum atomic E-state index is 0.341. The van der Waals surface area contributed by atoms with Gasteiger partial charge in [-0.2, -0.15) is 0 Å². The van der Waals surface area contributed by atoms with Crippen molar-refractivity contribution >= 4 is 22.2 Å². The third-order valence-electron chi connectivity index (χ3n) is 2.89. The van der Waals surface area contributed by atoms with Crippen LogP contribution in [0, 0.1) is 0 Å². The minimum Gasteiger partial charge on any atom is -0.505 e. The predicted molar refractivity (Wildman–Crippen MR) is 103 cm³/mol. The Bertz CT molecular complexity index is 601. The number of nitrogens with zero attached hydrogens (tertiary/aromatic N) is 2. The number of allylic oxidation sites excluding steroid dienone is 3. The first-order valence-electron chi connectivity index (χ1n) is 7.91. The smallest absolute Gasteiger partial charge is 0.183 e. The van der Waals surface area contributed by atoms with Crippen LogP contribution in [0.2, 0.25) is 0 Å². The lowest BCUT2D eigenvalue weighted by Crippen LogP contribution is -2.10. The fraction of sp³-hybridized carbons (Fsp3) is 0.444. The molecule has 0 bridgehead atoms. The van der Waals surface area contributed by atoms with Gasteiger partial charge in [-0.05, 0) is 26.8 Å². The second-order valence-electron chi connectivity index (χ2n) is 5.26. The van der Waals surface area contributed by atoms with Crippen LogP contribution in [-0.4, -0.2) is 37.5 Å². The molecule has 0 saturated carbocycles. The van der Waals surface area contributed by atoms with Gasteiger partial charge in [-0.3, -0.25) is 4.99 Å². The van der Waals surface area contributed by atoms with E-state index in [-0.39, 0.29) is 0 Å². The summed E-state index contributed by atoms with van der Waals surface area (Å²) in [7, 11) is 3.29. The zero-order valence-electron chi connectivity index (χ0n) is 15.1. The number of rotatable bonds is 10. The molecule has 0 amide bonds. The molecule has 0 spiro atoms. The van der Waals surface area contributed by atoms with Gasteiger partial charge >= 0.3 is 0 Å². The van der Waals surface area contributed by atoms with Gasteiger partial charge < -0.3 is 14.8 Å². The summed E-state index contributed by atoms with van der Waals surface area (Å²) in [5.41, 5.74) is 1.63. The van der Waals surface area contributed by atoms with Crippen molar-refractivity contribution in [1.82, 2.24) is 4.98 Å². The van der Waals surface area contributed by atoms with Crippen LogP contribution in [0.25, 0.3) is 0 Å². The maximum absolute atomic E-state index is 5.45. The molecule has 0 fully saturated rings. The minimum absolute atomic E-state index is 0.341. The molecule has 1 rings (SSSR count). The molecule has 1 aromatic rings. The molecule has 0 saturated heterocycles. The summed E-state index contributed by atoms with van der Waals surface area (Å²) >= 11 is 1.57. The third-order valence-corrected chi connectivity index (χ3v) is 3.67. The lowest BCUT2D eigenvalue weighted by molar-refractivity contribution is 0.285. The van der Waals surface area contributed by atoms with Crippen molar-refractivity contribution in [3.05, 3.63) is 47.4 Å². The number of aliphatic imine (C=N–C) groups is 1. The number of hydrogen-bond acceptors (Lipinski definition) is 6. The SMILES string of the molecule is C/C=C\C/C(=C\C(=NC/C=C/OC)c1csc(NC(C)C)n1)OC. The molecule has 0 atom stereocenters. The number of anilines is 1. The van der Waals surface area contributed by atoms with E-state index in [9.17, 15) is 0 Å². The molecule has 1 N–H and O–H groups in total. The van der Waals surface area contributed by atoms with Crippen molar-refractivity contribution < 1.29 is 9.47 Å². The molecular formula is C18H27N3O2S. The Kier molecular flexibility index (Phi) is 9.53. The number of methoxy groups -OCH3 is 2. The molecule has 1 heterocycles. The van der Waals surface area contributed by atoms with Crippen LogP contribution in [0.4, 0.5) is 5.13 Å². The van der Waals surface area contributed by atoms with Gasteiger partial charge in [0.25, 0.3) is 0 Å². The molecule has 1 aromatic heterocycles. The van der Waals surface area contributed by atoms with E-state index in [1.807, 2.05) is 36.6 Å². The average molecular weight is 350 g/mol. The lowest BCUT2D eigenvalue weighted by Gasteiger charge is -2.06. The van der Waals surface area contributed by atoms with Gasteiger partial charge in [-0.15, -0.1) is 11.3 Å². The fourth-order valence-electron chi connectivity index (χ4n) is 1.78. The van der Waals surface area contributed by atoms with Crippen molar-refractivity contribution in [2.75, 3.05) is 26.1 Å². The Morgan fingerprint density at radius 2 is 2.17 bits per heavy atom. The molecule has 24 heavy (non-hydrogen) atoms. The zero-order chi connectivity index (χ0) is 17.8. The monoisotopic (exact) mass is 349 g/mol. The van der Waals surface area contributed by atoms with Crippen molar-refractivity contribution in [1.29, 1.82) is 0 Å². The number of nitrogens with one attached hydrogen (secondary N) is 1. The first-order valence-corrected chi connectivity index (χ1v) is 8.79. The van der Waals surface area contributed by atoms with E-state index in [4.69, 9.17) is 9.47 Å². The van der Waals surface area contributed by atoms with Crippen LogP contribution in [0.1, 0.15) is 32.9 Å². The van der Waals surface area contributed by atoms with Crippen LogP contribution >= 0.6 is 11.3 Å². The summed E-state index contributed by atoms with van der Waals surface area (Å²) in [5.74, 6) is 0.842. The highest BCUT2D eigenvalue weighted by Crippen LogP contribution is 2.18. The number of thiazole rings is 1. The van der Waals surface area contributed by atoms with Gasteiger partial charge in [-0.25, -0.2) is 4.98 Å². The first-order chi connectivity index (χ1) is 11.6. The summed E-state index contributed by atoms with van der Waals surface area (Å²) in [6.45, 7) is 6.68. The highest BCUT2D eigenvalue weighted by molar-refractivity contribution is 7.13. The molecule has 0 unspecified atom stereocenters. The summed E-state index contributed by atoms with van der Waals surface area (Å²) in [6.07, 6.45) is 10.2. The van der Waals surface area contributed by atoms with Crippen molar-refractivity contribution in [3.8, 4) is 0 Å². The zero-order valence-corrected chi connectivity index (χ0v) is 15.9. The summed E-state index contributed by atoms with van der Waals surface area (Å²) in [4.78, 5) is 9.23. The molecule has 5 nitrogen and oxygen atoms in total.